The van der Waals surface area contributed by atoms with Crippen LogP contribution in [0.5, 0.6) is 0 Å². The number of ketones is 1. The fourth-order valence-corrected chi connectivity index (χ4v) is 2.20. The highest BCUT2D eigenvalue weighted by Crippen LogP contribution is 2.18. The van der Waals surface area contributed by atoms with E-state index in [4.69, 9.17) is 17.2 Å². The van der Waals surface area contributed by atoms with Crippen molar-refractivity contribution in [3.05, 3.63) is 6.20 Å². The topological polar surface area (TPSA) is 65.8 Å². The zero-order valence-electron chi connectivity index (χ0n) is 13.6. The predicted octanol–water partition coefficient (Wildman–Crippen LogP) is 0.428. The van der Waals surface area contributed by atoms with Gasteiger partial charge in [-0.3, -0.25) is 9.32 Å². The molecule has 0 aromatic carbocycles. The molecule has 0 atom stereocenters. The highest BCUT2D eigenvalue weighted by Gasteiger charge is 2.24. The Morgan fingerprint density at radius 1 is 1.41 bits per heavy atom. The maximum atomic E-state index is 11.9. The summed E-state index contributed by atoms with van der Waals surface area (Å²) in [5, 5.41) is 6.35. The van der Waals surface area contributed by atoms with Crippen LogP contribution in [0.15, 0.2) is 15.7 Å². The van der Waals surface area contributed by atoms with Crippen molar-refractivity contribution in [3.63, 3.8) is 0 Å². The third kappa shape index (κ3) is 4.48. The highest BCUT2D eigenvalue weighted by atomic mass is 32.1. The summed E-state index contributed by atoms with van der Waals surface area (Å²) >= 11 is 5.16. The first-order valence-corrected chi connectivity index (χ1v) is 7.77. The van der Waals surface area contributed by atoms with Gasteiger partial charge in [0, 0.05) is 24.9 Å². The first-order valence-electron chi connectivity index (χ1n) is 7.36. The normalized spacial score (nSPS) is 17.8. The third-order valence-corrected chi connectivity index (χ3v) is 3.83. The van der Waals surface area contributed by atoms with E-state index in [0.717, 1.165) is 26.2 Å². The summed E-state index contributed by atoms with van der Waals surface area (Å²) in [6.07, 6.45) is 1.84. The van der Waals surface area contributed by atoms with Gasteiger partial charge in [0.15, 0.2) is 0 Å². The van der Waals surface area contributed by atoms with Crippen molar-refractivity contribution in [3.8, 4) is 0 Å². The number of carbonyl (C=O) groups excluding carboxylic acids is 1. The summed E-state index contributed by atoms with van der Waals surface area (Å²) in [6.45, 7) is 9.31. The lowest BCUT2D eigenvalue weighted by molar-refractivity contribution is -0.759. The van der Waals surface area contributed by atoms with Gasteiger partial charge in [-0.25, -0.2) is 4.99 Å². The molecular weight excluding hydrogens is 302 g/mol. The third-order valence-electron chi connectivity index (χ3n) is 3.60. The molecule has 122 valence electrons. The zero-order valence-corrected chi connectivity index (χ0v) is 14.4. The summed E-state index contributed by atoms with van der Waals surface area (Å²) in [6, 6.07) is 0. The van der Waals surface area contributed by atoms with Gasteiger partial charge in [0.25, 0.3) is 6.20 Å². The lowest BCUT2D eigenvalue weighted by atomic mass is 9.89. The molecule has 0 saturated carbocycles. The Hall–Kier alpha value is -1.54. The second kappa shape index (κ2) is 6.70. The SMILES string of the molecule is CN1CCN([n+]2cc(N=C([S-])CC(=O)C(C)(C)C)on2)CC1. The van der Waals surface area contributed by atoms with E-state index in [-0.39, 0.29) is 12.2 Å². The first kappa shape index (κ1) is 16.8. The smallest absolute Gasteiger partial charge is 0.323 e. The number of aromatic nitrogens is 2. The number of rotatable bonds is 4. The van der Waals surface area contributed by atoms with Crippen molar-refractivity contribution in [2.24, 2.45) is 10.4 Å². The maximum absolute atomic E-state index is 11.9. The molecule has 0 bridgehead atoms. The predicted molar refractivity (Wildman–Crippen MR) is 85.7 cm³/mol. The number of aliphatic imine (C=N–C) groups is 1. The Morgan fingerprint density at radius 3 is 2.64 bits per heavy atom. The van der Waals surface area contributed by atoms with Gasteiger partial charge in [-0.05, 0) is 7.05 Å². The summed E-state index contributed by atoms with van der Waals surface area (Å²) in [4.78, 5) is 20.0. The van der Waals surface area contributed by atoms with Crippen LogP contribution in [0.3, 0.4) is 0 Å². The molecular formula is C14H23N5O2S. The number of hydrogen-bond donors (Lipinski definition) is 0. The standard InChI is InChI=1S/C14H23N5O2S/c1-14(2,3)11(20)9-13(22)15-12-10-19(16-21-12)18-7-5-17(4)6-8-18/h10H,5-9H2,1-4H3. The summed E-state index contributed by atoms with van der Waals surface area (Å²) < 4.78 is 5.17. The van der Waals surface area contributed by atoms with Gasteiger partial charge >= 0.3 is 5.88 Å². The van der Waals surface area contributed by atoms with Crippen molar-refractivity contribution in [2.75, 3.05) is 38.2 Å². The molecule has 0 unspecified atom stereocenters. The van der Waals surface area contributed by atoms with Crippen molar-refractivity contribution in [1.29, 1.82) is 0 Å². The van der Waals surface area contributed by atoms with E-state index in [1.54, 1.807) is 11.0 Å². The molecule has 0 spiro atoms. The first-order chi connectivity index (χ1) is 10.3. The van der Waals surface area contributed by atoms with Crippen LogP contribution < -0.4 is 9.80 Å². The Bertz CT molecular complexity index is 556. The quantitative estimate of drug-likeness (QED) is 0.346. The van der Waals surface area contributed by atoms with E-state index in [2.05, 4.69) is 27.2 Å². The highest BCUT2D eigenvalue weighted by molar-refractivity contribution is 7.77. The van der Waals surface area contributed by atoms with Crippen LogP contribution in [-0.4, -0.2) is 54.2 Å². The molecule has 1 aromatic heterocycles. The van der Waals surface area contributed by atoms with Gasteiger partial charge < -0.3 is 17.5 Å². The van der Waals surface area contributed by atoms with Crippen LogP contribution >= 0.6 is 0 Å². The van der Waals surface area contributed by atoms with Gasteiger partial charge in [0.05, 0.1) is 17.9 Å². The second-order valence-electron chi connectivity index (χ2n) is 6.57. The fourth-order valence-electron chi connectivity index (χ4n) is 1.98. The molecule has 1 aliphatic heterocycles. The molecule has 0 aliphatic carbocycles. The van der Waals surface area contributed by atoms with Crippen molar-refractivity contribution < 1.29 is 14.1 Å². The Labute approximate surface area is 136 Å². The Morgan fingerprint density at radius 2 is 2.05 bits per heavy atom. The molecule has 1 aliphatic rings. The second-order valence-corrected chi connectivity index (χ2v) is 7.04. The van der Waals surface area contributed by atoms with E-state index in [0.29, 0.717) is 10.9 Å². The van der Waals surface area contributed by atoms with E-state index in [9.17, 15) is 4.79 Å². The molecule has 2 heterocycles. The van der Waals surface area contributed by atoms with Gasteiger partial charge in [0.2, 0.25) is 5.27 Å². The summed E-state index contributed by atoms with van der Waals surface area (Å²) in [5.74, 6) is 0.387. The van der Waals surface area contributed by atoms with E-state index in [1.165, 1.54) is 0 Å². The molecule has 2 rings (SSSR count). The van der Waals surface area contributed by atoms with Crippen molar-refractivity contribution in [2.45, 2.75) is 27.2 Å². The number of hydrogen-bond acceptors (Lipinski definition) is 7. The lowest BCUT2D eigenvalue weighted by Gasteiger charge is -2.26. The Kier molecular flexibility index (Phi) is 5.12. The molecule has 1 saturated heterocycles. The molecule has 0 N–H and O–H groups in total. The number of nitrogens with zero attached hydrogens (tertiary/aromatic N) is 5. The van der Waals surface area contributed by atoms with Crippen LogP contribution in [0.25, 0.3) is 0 Å². The van der Waals surface area contributed by atoms with Crippen molar-refractivity contribution >= 4 is 29.3 Å². The summed E-state index contributed by atoms with van der Waals surface area (Å²) in [5.41, 5.74) is -0.416. The number of piperazine rings is 1. The van der Waals surface area contributed by atoms with Crippen LogP contribution in [-0.2, 0) is 17.4 Å². The maximum Gasteiger partial charge on any atom is 0.323 e. The van der Waals surface area contributed by atoms with Gasteiger partial charge in [-0.15, -0.1) is 0 Å². The molecule has 1 fully saturated rings. The minimum Gasteiger partial charge on any atom is -0.764 e. The average molecular weight is 325 g/mol. The molecule has 8 heteroatoms. The van der Waals surface area contributed by atoms with Crippen molar-refractivity contribution in [1.82, 2.24) is 10.2 Å². The zero-order chi connectivity index (χ0) is 16.3. The molecule has 1 aromatic rings. The minimum absolute atomic E-state index is 0.0627. The Balaban J connectivity index is 1.99. The van der Waals surface area contributed by atoms with Gasteiger partial charge in [-0.1, -0.05) is 25.8 Å². The average Bonchev–Trinajstić information content (AvgIpc) is 2.86. The van der Waals surface area contributed by atoms with Crippen LogP contribution in [0.4, 0.5) is 5.88 Å². The molecule has 0 amide bonds. The van der Waals surface area contributed by atoms with E-state index >= 15 is 0 Å². The lowest BCUT2D eigenvalue weighted by Crippen LogP contribution is -2.64. The number of likely N-dealkylation sites (N-methyl/N-ethyl adjacent to an activating group) is 1. The van der Waals surface area contributed by atoms with Gasteiger partial charge in [0.1, 0.15) is 5.78 Å². The molecule has 0 radical (unpaired) electrons. The van der Waals surface area contributed by atoms with Gasteiger partial charge in [-0.2, -0.15) is 5.01 Å². The molecule has 7 nitrogen and oxygen atoms in total. The number of carbonyl (C=O) groups is 1. The largest absolute Gasteiger partial charge is 0.764 e. The molecule has 22 heavy (non-hydrogen) atoms. The number of Topliss-reactive ketones (excluding diaryl/α,β-unsaturated/α-hetero) is 1. The van der Waals surface area contributed by atoms with Crippen LogP contribution in [0.2, 0.25) is 0 Å². The van der Waals surface area contributed by atoms with Crippen LogP contribution in [0, 0.1) is 5.41 Å². The monoisotopic (exact) mass is 325 g/mol. The summed E-state index contributed by atoms with van der Waals surface area (Å²) in [7, 11) is 2.09. The van der Waals surface area contributed by atoms with E-state index in [1.807, 2.05) is 20.8 Å². The van der Waals surface area contributed by atoms with E-state index < -0.39 is 5.41 Å². The van der Waals surface area contributed by atoms with Crippen LogP contribution in [0.1, 0.15) is 27.2 Å². The fraction of sp³-hybridized carbons (Fsp3) is 0.714. The minimum atomic E-state index is -0.416.